The summed E-state index contributed by atoms with van der Waals surface area (Å²) in [5.41, 5.74) is 9.28. The van der Waals surface area contributed by atoms with Crippen molar-refractivity contribution >= 4 is 12.6 Å². The van der Waals surface area contributed by atoms with E-state index in [1.807, 2.05) is 0 Å². The standard InChI is InChI=1S/C38H51NS/c1-10-14-15-16-17-18-30-20-21-33(40)27-36(30)37(7,8)29(6)19-22-34-28(5)25-31-26-32(39(12-3)13-4)23-24-38(31,9)35(34)11-2/h2,19-23,26-27,40H,5-6,10,12-18,24-25H2,1,3-4,7-9H3/b22-19+. The third kappa shape index (κ3) is 6.80. The predicted octanol–water partition coefficient (Wildman–Crippen LogP) is 10.3. The Balaban J connectivity index is 1.89. The summed E-state index contributed by atoms with van der Waals surface area (Å²) < 4.78 is 0. The first-order valence-electron chi connectivity index (χ1n) is 15.3. The number of rotatable bonds is 13. The van der Waals surface area contributed by atoms with Gasteiger partial charge in [-0.3, -0.25) is 0 Å². The van der Waals surface area contributed by atoms with Crippen molar-refractivity contribution in [2.45, 2.75) is 103 Å². The molecule has 1 unspecified atom stereocenters. The molecule has 40 heavy (non-hydrogen) atoms. The van der Waals surface area contributed by atoms with Crippen LogP contribution in [0.1, 0.15) is 97.6 Å². The minimum absolute atomic E-state index is 0.172. The Morgan fingerprint density at radius 3 is 2.50 bits per heavy atom. The minimum Gasteiger partial charge on any atom is -0.372 e. The quantitative estimate of drug-likeness (QED) is 0.110. The Morgan fingerprint density at radius 1 is 1.15 bits per heavy atom. The number of hydrogen-bond acceptors (Lipinski definition) is 2. The number of thiol groups is 1. The summed E-state index contributed by atoms with van der Waals surface area (Å²) >= 11 is 4.69. The molecule has 214 valence electrons. The van der Waals surface area contributed by atoms with Crippen molar-refractivity contribution in [3.05, 3.63) is 100 Å². The van der Waals surface area contributed by atoms with Crippen molar-refractivity contribution in [3.8, 4) is 12.3 Å². The van der Waals surface area contributed by atoms with Gasteiger partial charge in [-0.05, 0) is 85.6 Å². The van der Waals surface area contributed by atoms with Crippen molar-refractivity contribution < 1.29 is 0 Å². The molecule has 0 bridgehead atoms. The van der Waals surface area contributed by atoms with Gasteiger partial charge in [-0.25, -0.2) is 0 Å². The van der Waals surface area contributed by atoms with Crippen LogP contribution in [-0.4, -0.2) is 18.0 Å². The van der Waals surface area contributed by atoms with Gasteiger partial charge in [0.15, 0.2) is 0 Å². The molecule has 1 aromatic carbocycles. The van der Waals surface area contributed by atoms with Gasteiger partial charge in [0, 0.05) is 40.1 Å². The number of terminal acetylenes is 1. The van der Waals surface area contributed by atoms with E-state index in [4.69, 9.17) is 19.1 Å². The smallest absolute Gasteiger partial charge is 0.0325 e. The van der Waals surface area contributed by atoms with Gasteiger partial charge in [-0.1, -0.05) is 102 Å². The summed E-state index contributed by atoms with van der Waals surface area (Å²) in [6.07, 6.45) is 24.5. The van der Waals surface area contributed by atoms with Gasteiger partial charge in [0.05, 0.1) is 0 Å². The molecule has 0 heterocycles. The van der Waals surface area contributed by atoms with Gasteiger partial charge in [-0.15, -0.1) is 19.1 Å². The zero-order chi connectivity index (χ0) is 29.5. The van der Waals surface area contributed by atoms with Gasteiger partial charge >= 0.3 is 0 Å². The number of aryl methyl sites for hydroxylation is 1. The maximum Gasteiger partial charge on any atom is 0.0325 e. The number of hydrogen-bond donors (Lipinski definition) is 1. The van der Waals surface area contributed by atoms with Crippen LogP contribution >= 0.6 is 12.6 Å². The number of nitrogens with zero attached hydrogens (tertiary/aromatic N) is 1. The highest BCUT2D eigenvalue weighted by Gasteiger charge is 2.39. The fourth-order valence-corrected chi connectivity index (χ4v) is 6.44. The first-order chi connectivity index (χ1) is 19.0. The zero-order valence-corrected chi connectivity index (χ0v) is 26.9. The molecule has 0 N–H and O–H groups in total. The molecule has 1 aromatic rings. The van der Waals surface area contributed by atoms with Crippen molar-refractivity contribution in [1.29, 1.82) is 0 Å². The normalized spacial score (nSPS) is 19.3. The molecule has 0 amide bonds. The van der Waals surface area contributed by atoms with Gasteiger partial charge in [0.25, 0.3) is 0 Å². The van der Waals surface area contributed by atoms with E-state index in [0.29, 0.717) is 0 Å². The van der Waals surface area contributed by atoms with Crippen molar-refractivity contribution in [1.82, 2.24) is 4.90 Å². The summed E-state index contributed by atoms with van der Waals surface area (Å²) in [5.74, 6) is 3.09. The molecule has 3 rings (SSSR count). The summed E-state index contributed by atoms with van der Waals surface area (Å²) in [6.45, 7) is 24.6. The van der Waals surface area contributed by atoms with Crippen LogP contribution < -0.4 is 0 Å². The molecular formula is C38H51NS. The first-order valence-corrected chi connectivity index (χ1v) is 15.7. The molecule has 0 fully saturated rings. The van der Waals surface area contributed by atoms with E-state index < -0.39 is 0 Å². The van der Waals surface area contributed by atoms with E-state index in [1.165, 1.54) is 54.5 Å². The molecular weight excluding hydrogens is 502 g/mol. The fourth-order valence-electron chi connectivity index (χ4n) is 6.24. The Morgan fingerprint density at radius 2 is 1.85 bits per heavy atom. The van der Waals surface area contributed by atoms with Crippen LogP contribution in [-0.2, 0) is 11.8 Å². The molecule has 2 heteroatoms. The fraction of sp³-hybridized carbons (Fsp3) is 0.474. The second-order valence-electron chi connectivity index (χ2n) is 12.2. The maximum atomic E-state index is 6.22. The highest BCUT2D eigenvalue weighted by atomic mass is 32.1. The van der Waals surface area contributed by atoms with E-state index in [-0.39, 0.29) is 10.8 Å². The number of fused-ring (bicyclic) bond motifs is 1. The summed E-state index contributed by atoms with van der Waals surface area (Å²) in [5, 5.41) is 0. The summed E-state index contributed by atoms with van der Waals surface area (Å²) in [4.78, 5) is 3.41. The zero-order valence-electron chi connectivity index (χ0n) is 26.0. The second kappa shape index (κ2) is 13.8. The molecule has 0 aromatic heterocycles. The van der Waals surface area contributed by atoms with Gasteiger partial charge < -0.3 is 4.90 Å². The van der Waals surface area contributed by atoms with Crippen LogP contribution in [0.2, 0.25) is 0 Å². The Bertz CT molecular complexity index is 1270. The lowest BCUT2D eigenvalue weighted by Gasteiger charge is -2.42. The Kier molecular flexibility index (Phi) is 11.0. The van der Waals surface area contributed by atoms with Crippen molar-refractivity contribution in [3.63, 3.8) is 0 Å². The summed E-state index contributed by atoms with van der Waals surface area (Å²) in [7, 11) is 0. The maximum absolute atomic E-state index is 6.22. The molecule has 2 aliphatic carbocycles. The molecule has 0 aliphatic heterocycles. The number of likely N-dealkylation sites (N-methyl/N-ethyl adjacent to an activating group) is 1. The number of unbranched alkanes of at least 4 members (excludes halogenated alkanes) is 4. The molecule has 0 saturated carbocycles. The number of benzene rings is 1. The highest BCUT2D eigenvalue weighted by Crippen LogP contribution is 2.51. The summed E-state index contributed by atoms with van der Waals surface area (Å²) in [6, 6.07) is 6.61. The van der Waals surface area contributed by atoms with E-state index in [9.17, 15) is 0 Å². The van der Waals surface area contributed by atoms with Crippen LogP contribution in [0.3, 0.4) is 0 Å². The second-order valence-corrected chi connectivity index (χ2v) is 12.7. The van der Waals surface area contributed by atoms with Gasteiger partial charge in [0.1, 0.15) is 0 Å². The Hall–Kier alpha value is -2.63. The average Bonchev–Trinajstić information content (AvgIpc) is 2.93. The van der Waals surface area contributed by atoms with Crippen LogP contribution in [0.15, 0.2) is 94.1 Å². The van der Waals surface area contributed by atoms with Crippen LogP contribution in [0.4, 0.5) is 0 Å². The third-order valence-corrected chi connectivity index (χ3v) is 9.48. The molecule has 1 atom stereocenters. The topological polar surface area (TPSA) is 3.24 Å². The van der Waals surface area contributed by atoms with Crippen LogP contribution in [0.5, 0.6) is 0 Å². The molecule has 0 spiro atoms. The van der Waals surface area contributed by atoms with Crippen molar-refractivity contribution in [2.75, 3.05) is 13.1 Å². The third-order valence-electron chi connectivity index (χ3n) is 9.20. The van der Waals surface area contributed by atoms with E-state index in [2.05, 4.69) is 108 Å². The predicted molar refractivity (Wildman–Crippen MR) is 179 cm³/mol. The molecule has 0 saturated heterocycles. The van der Waals surface area contributed by atoms with E-state index >= 15 is 0 Å². The van der Waals surface area contributed by atoms with Crippen LogP contribution in [0, 0.1) is 17.8 Å². The SMILES string of the molecule is C#CC1=C(/C=C/C(=C)C(C)(C)c2cc(S)ccc2CCCCCCC)C(=C)CC2=CC(N(CC)CC)=CCC21C. The minimum atomic E-state index is -0.234. The molecule has 2 aliphatic rings. The molecule has 0 radical (unpaired) electrons. The first kappa shape index (κ1) is 31.9. The van der Waals surface area contributed by atoms with E-state index in [0.717, 1.165) is 59.5 Å². The van der Waals surface area contributed by atoms with Gasteiger partial charge in [0.2, 0.25) is 0 Å². The highest BCUT2D eigenvalue weighted by molar-refractivity contribution is 7.80. The lowest BCUT2D eigenvalue weighted by atomic mass is 9.63. The van der Waals surface area contributed by atoms with Crippen LogP contribution in [0.25, 0.3) is 0 Å². The monoisotopic (exact) mass is 553 g/mol. The number of allylic oxidation sites excluding steroid dienone is 9. The average molecular weight is 554 g/mol. The lowest BCUT2D eigenvalue weighted by molar-refractivity contribution is 0.375. The van der Waals surface area contributed by atoms with Crippen molar-refractivity contribution in [2.24, 2.45) is 5.41 Å². The van der Waals surface area contributed by atoms with E-state index in [1.54, 1.807) is 0 Å². The largest absolute Gasteiger partial charge is 0.372 e. The Labute approximate surface area is 251 Å². The van der Waals surface area contributed by atoms with Gasteiger partial charge in [-0.2, -0.15) is 0 Å². The lowest BCUT2D eigenvalue weighted by Crippen LogP contribution is -2.32. The molecule has 1 nitrogen and oxygen atoms in total.